The predicted molar refractivity (Wildman–Crippen MR) is 69.8 cm³/mol. The lowest BCUT2D eigenvalue weighted by Crippen LogP contribution is -2.40. The SMILES string of the molecule is Cn1cc(C(N)C(=O)NC2CCCCCC2)cn1. The van der Waals surface area contributed by atoms with E-state index < -0.39 is 6.04 Å². The van der Waals surface area contributed by atoms with E-state index in [1.165, 1.54) is 25.7 Å². The van der Waals surface area contributed by atoms with E-state index in [1.807, 2.05) is 7.05 Å². The fourth-order valence-electron chi connectivity index (χ4n) is 2.47. The van der Waals surface area contributed by atoms with Gasteiger partial charge in [-0.25, -0.2) is 0 Å². The van der Waals surface area contributed by atoms with Gasteiger partial charge in [-0.3, -0.25) is 9.48 Å². The average molecular weight is 250 g/mol. The number of carbonyl (C=O) groups is 1. The summed E-state index contributed by atoms with van der Waals surface area (Å²) in [5.74, 6) is -0.0881. The van der Waals surface area contributed by atoms with Gasteiger partial charge in [0.15, 0.2) is 0 Å². The number of carbonyl (C=O) groups excluding carboxylic acids is 1. The third kappa shape index (κ3) is 3.32. The number of hydrogen-bond donors (Lipinski definition) is 2. The molecule has 1 aromatic rings. The van der Waals surface area contributed by atoms with Gasteiger partial charge < -0.3 is 11.1 Å². The van der Waals surface area contributed by atoms with E-state index in [0.29, 0.717) is 6.04 Å². The van der Waals surface area contributed by atoms with Crippen LogP contribution in [0.3, 0.4) is 0 Å². The second-order valence-electron chi connectivity index (χ2n) is 5.12. The van der Waals surface area contributed by atoms with Crippen molar-refractivity contribution in [3.63, 3.8) is 0 Å². The highest BCUT2D eigenvalue weighted by Crippen LogP contribution is 2.18. The van der Waals surface area contributed by atoms with Crippen molar-refractivity contribution in [2.75, 3.05) is 0 Å². The number of amides is 1. The summed E-state index contributed by atoms with van der Waals surface area (Å²) >= 11 is 0. The van der Waals surface area contributed by atoms with Crippen LogP contribution in [-0.4, -0.2) is 21.7 Å². The summed E-state index contributed by atoms with van der Waals surface area (Å²) in [5.41, 5.74) is 6.71. The van der Waals surface area contributed by atoms with Crippen molar-refractivity contribution in [2.45, 2.75) is 50.6 Å². The highest BCUT2D eigenvalue weighted by molar-refractivity contribution is 5.83. The van der Waals surface area contributed by atoms with Crippen LogP contribution in [0.2, 0.25) is 0 Å². The Labute approximate surface area is 108 Å². The van der Waals surface area contributed by atoms with Gasteiger partial charge in [0.25, 0.3) is 0 Å². The molecule has 1 aliphatic carbocycles. The molecule has 18 heavy (non-hydrogen) atoms. The number of nitrogens with one attached hydrogen (secondary N) is 1. The van der Waals surface area contributed by atoms with Crippen molar-refractivity contribution in [3.05, 3.63) is 18.0 Å². The van der Waals surface area contributed by atoms with Crippen LogP contribution in [0.5, 0.6) is 0 Å². The first kappa shape index (κ1) is 13.1. The van der Waals surface area contributed by atoms with E-state index in [-0.39, 0.29) is 5.91 Å². The van der Waals surface area contributed by atoms with E-state index in [9.17, 15) is 4.79 Å². The molecule has 1 saturated carbocycles. The van der Waals surface area contributed by atoms with Crippen molar-refractivity contribution >= 4 is 5.91 Å². The fraction of sp³-hybridized carbons (Fsp3) is 0.692. The Hall–Kier alpha value is -1.36. The topological polar surface area (TPSA) is 72.9 Å². The summed E-state index contributed by atoms with van der Waals surface area (Å²) in [7, 11) is 1.82. The van der Waals surface area contributed by atoms with Crippen LogP contribution in [0, 0.1) is 0 Å². The van der Waals surface area contributed by atoms with Gasteiger partial charge in [0.1, 0.15) is 6.04 Å². The average Bonchev–Trinajstić information content (AvgIpc) is 2.62. The van der Waals surface area contributed by atoms with Gasteiger partial charge in [-0.1, -0.05) is 25.7 Å². The van der Waals surface area contributed by atoms with Gasteiger partial charge >= 0.3 is 0 Å². The van der Waals surface area contributed by atoms with Crippen LogP contribution < -0.4 is 11.1 Å². The number of nitrogens with two attached hydrogens (primary N) is 1. The molecule has 100 valence electrons. The standard InChI is InChI=1S/C13H22N4O/c1-17-9-10(8-15-17)12(14)13(18)16-11-6-4-2-3-5-7-11/h8-9,11-12H,2-7,14H2,1H3,(H,16,18). The van der Waals surface area contributed by atoms with E-state index in [4.69, 9.17) is 5.73 Å². The molecule has 5 nitrogen and oxygen atoms in total. The highest BCUT2D eigenvalue weighted by Gasteiger charge is 2.21. The molecule has 1 aromatic heterocycles. The van der Waals surface area contributed by atoms with Gasteiger partial charge in [0.2, 0.25) is 5.91 Å². The number of rotatable bonds is 3. The highest BCUT2D eigenvalue weighted by atomic mass is 16.2. The molecule has 2 rings (SSSR count). The van der Waals surface area contributed by atoms with E-state index in [2.05, 4.69) is 10.4 Å². The summed E-state index contributed by atoms with van der Waals surface area (Å²) in [6, 6.07) is -0.315. The molecule has 0 aliphatic heterocycles. The molecule has 3 N–H and O–H groups in total. The first-order valence-corrected chi connectivity index (χ1v) is 6.71. The van der Waals surface area contributed by atoms with Crippen molar-refractivity contribution in [1.82, 2.24) is 15.1 Å². The molecule has 0 spiro atoms. The minimum Gasteiger partial charge on any atom is -0.352 e. The van der Waals surface area contributed by atoms with Gasteiger partial charge in [-0.05, 0) is 12.8 Å². The Kier molecular flexibility index (Phi) is 4.36. The van der Waals surface area contributed by atoms with Crippen LogP contribution >= 0.6 is 0 Å². The number of aromatic nitrogens is 2. The van der Waals surface area contributed by atoms with Gasteiger partial charge in [0, 0.05) is 24.8 Å². The summed E-state index contributed by atoms with van der Waals surface area (Å²) in [6.45, 7) is 0. The molecule has 0 aromatic carbocycles. The maximum atomic E-state index is 12.1. The Morgan fingerprint density at radius 3 is 2.67 bits per heavy atom. The molecular formula is C13H22N4O. The van der Waals surface area contributed by atoms with Crippen LogP contribution in [0.4, 0.5) is 0 Å². The van der Waals surface area contributed by atoms with E-state index >= 15 is 0 Å². The first-order chi connectivity index (χ1) is 8.66. The summed E-state index contributed by atoms with van der Waals surface area (Å²) in [6.07, 6.45) is 10.5. The Bertz CT molecular complexity index is 393. The van der Waals surface area contributed by atoms with Gasteiger partial charge in [-0.15, -0.1) is 0 Å². The molecule has 0 saturated heterocycles. The molecule has 5 heteroatoms. The largest absolute Gasteiger partial charge is 0.352 e. The zero-order valence-corrected chi connectivity index (χ0v) is 10.9. The molecule has 1 aliphatic rings. The summed E-state index contributed by atoms with van der Waals surface area (Å²) < 4.78 is 1.66. The minimum absolute atomic E-state index is 0.0881. The maximum absolute atomic E-state index is 12.1. The number of hydrogen-bond acceptors (Lipinski definition) is 3. The van der Waals surface area contributed by atoms with Crippen LogP contribution in [0.25, 0.3) is 0 Å². The lowest BCUT2D eigenvalue weighted by atomic mass is 10.1. The third-order valence-electron chi connectivity index (χ3n) is 3.57. The fourth-order valence-corrected chi connectivity index (χ4v) is 2.47. The lowest BCUT2D eigenvalue weighted by molar-refractivity contribution is -0.123. The van der Waals surface area contributed by atoms with Crippen molar-refractivity contribution in [2.24, 2.45) is 12.8 Å². The van der Waals surface area contributed by atoms with Gasteiger partial charge in [-0.2, -0.15) is 5.10 Å². The Morgan fingerprint density at radius 2 is 2.11 bits per heavy atom. The molecule has 1 atom stereocenters. The van der Waals surface area contributed by atoms with Crippen LogP contribution in [-0.2, 0) is 11.8 Å². The van der Waals surface area contributed by atoms with E-state index in [1.54, 1.807) is 17.1 Å². The number of nitrogens with zero attached hydrogens (tertiary/aromatic N) is 2. The molecule has 0 radical (unpaired) electrons. The number of aryl methyl sites for hydroxylation is 1. The normalized spacial score (nSPS) is 19.2. The van der Waals surface area contributed by atoms with Crippen molar-refractivity contribution in [1.29, 1.82) is 0 Å². The first-order valence-electron chi connectivity index (χ1n) is 6.71. The smallest absolute Gasteiger partial charge is 0.241 e. The molecule has 0 bridgehead atoms. The lowest BCUT2D eigenvalue weighted by Gasteiger charge is -2.18. The monoisotopic (exact) mass is 250 g/mol. The molecule has 1 amide bonds. The third-order valence-corrected chi connectivity index (χ3v) is 3.57. The van der Waals surface area contributed by atoms with Crippen LogP contribution in [0.15, 0.2) is 12.4 Å². The van der Waals surface area contributed by atoms with Crippen LogP contribution in [0.1, 0.15) is 50.1 Å². The summed E-state index contributed by atoms with van der Waals surface area (Å²) in [4.78, 5) is 12.1. The summed E-state index contributed by atoms with van der Waals surface area (Å²) in [5, 5.41) is 7.10. The molecular weight excluding hydrogens is 228 g/mol. The molecule has 1 fully saturated rings. The predicted octanol–water partition coefficient (Wildman–Crippen LogP) is 1.26. The second-order valence-corrected chi connectivity index (χ2v) is 5.12. The van der Waals surface area contributed by atoms with Gasteiger partial charge in [0.05, 0.1) is 6.20 Å². The molecule has 1 unspecified atom stereocenters. The Morgan fingerprint density at radius 1 is 1.44 bits per heavy atom. The zero-order chi connectivity index (χ0) is 13.0. The Balaban J connectivity index is 1.90. The van der Waals surface area contributed by atoms with Crippen molar-refractivity contribution in [3.8, 4) is 0 Å². The maximum Gasteiger partial charge on any atom is 0.241 e. The quantitative estimate of drug-likeness (QED) is 0.793. The molecule has 1 heterocycles. The van der Waals surface area contributed by atoms with E-state index in [0.717, 1.165) is 18.4 Å². The zero-order valence-electron chi connectivity index (χ0n) is 10.9. The van der Waals surface area contributed by atoms with Crippen molar-refractivity contribution < 1.29 is 4.79 Å². The minimum atomic E-state index is -0.609. The second kappa shape index (κ2) is 6.00.